The first kappa shape index (κ1) is 13.1. The summed E-state index contributed by atoms with van der Waals surface area (Å²) in [6.07, 6.45) is 1.93. The second-order valence-corrected chi connectivity index (χ2v) is 5.92. The number of nitrogens with zero attached hydrogens (tertiary/aromatic N) is 1. The number of carbonyl (C=O) groups is 1. The molecular weight excluding hydrogens is 275 g/mol. The number of hydrogen-bond donors (Lipinski definition) is 1. The van der Waals surface area contributed by atoms with Gasteiger partial charge in [0, 0.05) is 22.7 Å². The van der Waals surface area contributed by atoms with Crippen molar-refractivity contribution in [2.24, 2.45) is 0 Å². The van der Waals surface area contributed by atoms with Crippen molar-refractivity contribution >= 4 is 22.9 Å². The Morgan fingerprint density at radius 2 is 2.25 bits per heavy atom. The molecular formula is C15H15FN2OS. The van der Waals surface area contributed by atoms with Crippen molar-refractivity contribution in [3.63, 3.8) is 0 Å². The smallest absolute Gasteiger partial charge is 0.254 e. The summed E-state index contributed by atoms with van der Waals surface area (Å²) in [6, 6.07) is 8.14. The van der Waals surface area contributed by atoms with E-state index in [1.54, 1.807) is 11.3 Å². The van der Waals surface area contributed by atoms with Gasteiger partial charge < -0.3 is 10.6 Å². The zero-order chi connectivity index (χ0) is 14.1. The monoisotopic (exact) mass is 290 g/mol. The third-order valence-electron chi connectivity index (χ3n) is 3.55. The van der Waals surface area contributed by atoms with Crippen LogP contribution in [0.25, 0.3) is 0 Å². The van der Waals surface area contributed by atoms with E-state index in [9.17, 15) is 9.18 Å². The van der Waals surface area contributed by atoms with Crippen LogP contribution in [0.2, 0.25) is 0 Å². The zero-order valence-corrected chi connectivity index (χ0v) is 11.7. The molecule has 5 heteroatoms. The Kier molecular flexibility index (Phi) is 3.44. The quantitative estimate of drug-likeness (QED) is 0.861. The minimum atomic E-state index is -0.472. The van der Waals surface area contributed by atoms with Gasteiger partial charge in [0.15, 0.2) is 0 Å². The van der Waals surface area contributed by atoms with Gasteiger partial charge >= 0.3 is 0 Å². The van der Waals surface area contributed by atoms with Crippen LogP contribution in [0.1, 0.15) is 34.1 Å². The van der Waals surface area contributed by atoms with Crippen LogP contribution in [0.3, 0.4) is 0 Å². The van der Waals surface area contributed by atoms with Crippen molar-refractivity contribution in [1.29, 1.82) is 0 Å². The summed E-state index contributed by atoms with van der Waals surface area (Å²) in [4.78, 5) is 15.6. The molecule has 104 valence electrons. The minimum Gasteiger partial charge on any atom is -0.399 e. The molecule has 0 radical (unpaired) electrons. The van der Waals surface area contributed by atoms with Crippen molar-refractivity contribution in [3.8, 4) is 0 Å². The maximum atomic E-state index is 13.4. The van der Waals surface area contributed by atoms with Crippen LogP contribution >= 0.6 is 11.3 Å². The molecule has 0 aliphatic carbocycles. The lowest BCUT2D eigenvalue weighted by atomic mass is 10.1. The first-order chi connectivity index (χ1) is 9.65. The number of thiophene rings is 1. The standard InChI is InChI=1S/C15H15FN2OS/c16-11-7-10(8-12(17)9-11)15(19)18-5-1-3-13(18)14-4-2-6-20-14/h2,4,6-9,13H,1,3,5,17H2. The molecule has 0 spiro atoms. The Bertz CT molecular complexity index is 607. The van der Waals surface area contributed by atoms with Crippen LogP contribution in [0.4, 0.5) is 10.1 Å². The average molecular weight is 290 g/mol. The van der Waals surface area contributed by atoms with Gasteiger partial charge in [-0.25, -0.2) is 4.39 Å². The second-order valence-electron chi connectivity index (χ2n) is 4.95. The van der Waals surface area contributed by atoms with E-state index in [0.29, 0.717) is 12.1 Å². The molecule has 1 aliphatic heterocycles. The fourth-order valence-electron chi connectivity index (χ4n) is 2.69. The molecule has 2 heterocycles. The van der Waals surface area contributed by atoms with E-state index in [-0.39, 0.29) is 17.6 Å². The summed E-state index contributed by atoms with van der Waals surface area (Å²) in [5.74, 6) is -0.618. The van der Waals surface area contributed by atoms with E-state index in [4.69, 9.17) is 5.73 Å². The maximum absolute atomic E-state index is 13.4. The average Bonchev–Trinajstić information content (AvgIpc) is 3.07. The molecule has 1 atom stereocenters. The maximum Gasteiger partial charge on any atom is 0.254 e. The number of nitrogen functional groups attached to an aromatic ring is 1. The number of anilines is 1. The van der Waals surface area contributed by atoms with Crippen LogP contribution in [-0.2, 0) is 0 Å². The van der Waals surface area contributed by atoms with Crippen molar-refractivity contribution in [2.45, 2.75) is 18.9 Å². The molecule has 0 saturated carbocycles. The number of carbonyl (C=O) groups excluding carboxylic acids is 1. The van der Waals surface area contributed by atoms with Gasteiger partial charge in [0.05, 0.1) is 6.04 Å². The summed E-state index contributed by atoms with van der Waals surface area (Å²) >= 11 is 1.65. The number of rotatable bonds is 2. The van der Waals surface area contributed by atoms with Crippen molar-refractivity contribution in [1.82, 2.24) is 4.90 Å². The number of halogens is 1. The molecule has 3 nitrogen and oxygen atoms in total. The molecule has 1 aromatic carbocycles. The Morgan fingerprint density at radius 3 is 2.95 bits per heavy atom. The van der Waals surface area contributed by atoms with Gasteiger partial charge in [-0.05, 0) is 42.5 Å². The number of nitrogens with two attached hydrogens (primary N) is 1. The van der Waals surface area contributed by atoms with Gasteiger partial charge in [0.1, 0.15) is 5.82 Å². The van der Waals surface area contributed by atoms with Crippen molar-refractivity contribution in [3.05, 3.63) is 52.0 Å². The number of amides is 1. The van der Waals surface area contributed by atoms with E-state index >= 15 is 0 Å². The zero-order valence-electron chi connectivity index (χ0n) is 10.9. The third kappa shape index (κ3) is 2.41. The fraction of sp³-hybridized carbons (Fsp3) is 0.267. The molecule has 0 bridgehead atoms. The lowest BCUT2D eigenvalue weighted by molar-refractivity contribution is 0.0737. The first-order valence-corrected chi connectivity index (χ1v) is 7.43. The Balaban J connectivity index is 1.89. The van der Waals surface area contributed by atoms with Crippen molar-refractivity contribution in [2.75, 3.05) is 12.3 Å². The normalized spacial score (nSPS) is 18.4. The van der Waals surface area contributed by atoms with Crippen LogP contribution in [0.15, 0.2) is 35.7 Å². The topological polar surface area (TPSA) is 46.3 Å². The van der Waals surface area contributed by atoms with Gasteiger partial charge in [0.2, 0.25) is 0 Å². The molecule has 1 saturated heterocycles. The molecule has 1 aromatic heterocycles. The highest BCUT2D eigenvalue weighted by Gasteiger charge is 2.31. The lowest BCUT2D eigenvalue weighted by Gasteiger charge is -2.24. The Morgan fingerprint density at radius 1 is 1.40 bits per heavy atom. The number of hydrogen-bond acceptors (Lipinski definition) is 3. The van der Waals surface area contributed by atoms with Crippen LogP contribution in [0, 0.1) is 5.82 Å². The molecule has 1 aliphatic rings. The number of likely N-dealkylation sites (tertiary alicyclic amines) is 1. The molecule has 1 fully saturated rings. The summed E-state index contributed by atoms with van der Waals surface area (Å²) in [5, 5.41) is 2.01. The predicted octanol–water partition coefficient (Wildman–Crippen LogP) is 3.45. The molecule has 1 unspecified atom stereocenters. The largest absolute Gasteiger partial charge is 0.399 e. The van der Waals surface area contributed by atoms with Gasteiger partial charge in [-0.1, -0.05) is 6.07 Å². The second kappa shape index (κ2) is 5.25. The third-order valence-corrected chi connectivity index (χ3v) is 4.53. The predicted molar refractivity (Wildman–Crippen MR) is 78.1 cm³/mol. The summed E-state index contributed by atoms with van der Waals surface area (Å²) in [7, 11) is 0. The Hall–Kier alpha value is -1.88. The highest BCUT2D eigenvalue weighted by atomic mass is 32.1. The van der Waals surface area contributed by atoms with E-state index in [1.165, 1.54) is 23.1 Å². The first-order valence-electron chi connectivity index (χ1n) is 6.55. The molecule has 3 rings (SSSR count). The van der Waals surface area contributed by atoms with E-state index in [0.717, 1.165) is 12.8 Å². The van der Waals surface area contributed by atoms with E-state index in [2.05, 4.69) is 0 Å². The SMILES string of the molecule is Nc1cc(F)cc(C(=O)N2CCCC2c2cccs2)c1. The van der Waals surface area contributed by atoms with E-state index < -0.39 is 5.82 Å². The molecule has 2 aromatic rings. The lowest BCUT2D eigenvalue weighted by Crippen LogP contribution is -2.30. The van der Waals surface area contributed by atoms with E-state index in [1.807, 2.05) is 22.4 Å². The summed E-state index contributed by atoms with van der Waals surface area (Å²) in [5.41, 5.74) is 6.22. The van der Waals surface area contributed by atoms with Crippen LogP contribution in [-0.4, -0.2) is 17.4 Å². The van der Waals surface area contributed by atoms with Gasteiger partial charge in [-0.2, -0.15) is 0 Å². The minimum absolute atomic E-state index is 0.104. The van der Waals surface area contributed by atoms with Crippen LogP contribution < -0.4 is 5.73 Å². The summed E-state index contributed by atoms with van der Waals surface area (Å²) < 4.78 is 13.4. The highest BCUT2D eigenvalue weighted by Crippen LogP contribution is 2.35. The molecule has 20 heavy (non-hydrogen) atoms. The Labute approximate surface area is 120 Å². The fourth-order valence-corrected chi connectivity index (χ4v) is 3.56. The van der Waals surface area contributed by atoms with Crippen LogP contribution in [0.5, 0.6) is 0 Å². The summed E-state index contributed by atoms with van der Waals surface area (Å²) in [6.45, 7) is 0.706. The molecule has 1 amide bonds. The van der Waals surface area contributed by atoms with Gasteiger partial charge in [0.25, 0.3) is 5.91 Å². The van der Waals surface area contributed by atoms with Gasteiger partial charge in [-0.3, -0.25) is 4.79 Å². The van der Waals surface area contributed by atoms with Crippen molar-refractivity contribution < 1.29 is 9.18 Å². The number of benzene rings is 1. The highest BCUT2D eigenvalue weighted by molar-refractivity contribution is 7.10. The van der Waals surface area contributed by atoms with Gasteiger partial charge in [-0.15, -0.1) is 11.3 Å². The molecule has 2 N–H and O–H groups in total.